The lowest BCUT2D eigenvalue weighted by Gasteiger charge is -2.07. The Morgan fingerprint density at radius 1 is 1.00 bits per heavy atom. The summed E-state index contributed by atoms with van der Waals surface area (Å²) in [4.78, 5) is 35.4. The van der Waals surface area contributed by atoms with E-state index in [1.165, 1.54) is 6.26 Å². The Balaban J connectivity index is 1.54. The SMILES string of the molecule is NC(=O)CCOc1ccc(NC(=O)c2ccc(NC(=O)c3ccco3)s2)cc1. The molecule has 0 aliphatic heterocycles. The number of anilines is 2. The van der Waals surface area contributed by atoms with Crippen LogP contribution >= 0.6 is 11.3 Å². The Bertz CT molecular complexity index is 964. The van der Waals surface area contributed by atoms with Crippen molar-refractivity contribution in [3.05, 3.63) is 65.4 Å². The molecule has 3 amide bonds. The number of amides is 3. The maximum absolute atomic E-state index is 12.4. The number of thiophene rings is 1. The number of ether oxygens (including phenoxy) is 1. The number of benzene rings is 1. The van der Waals surface area contributed by atoms with E-state index in [4.69, 9.17) is 14.9 Å². The highest BCUT2D eigenvalue weighted by molar-refractivity contribution is 7.18. The summed E-state index contributed by atoms with van der Waals surface area (Å²) >= 11 is 1.15. The third-order valence-corrected chi connectivity index (χ3v) is 4.54. The predicted molar refractivity (Wildman–Crippen MR) is 105 cm³/mol. The van der Waals surface area contributed by atoms with Gasteiger partial charge in [0, 0.05) is 5.69 Å². The van der Waals surface area contributed by atoms with Gasteiger partial charge in [-0.05, 0) is 48.5 Å². The molecule has 0 saturated carbocycles. The number of hydrogen-bond acceptors (Lipinski definition) is 6. The molecule has 0 bridgehead atoms. The molecule has 0 radical (unpaired) electrons. The van der Waals surface area contributed by atoms with Crippen LogP contribution in [0.25, 0.3) is 0 Å². The molecular weight excluding hydrogens is 382 g/mol. The third-order valence-electron chi connectivity index (χ3n) is 3.54. The van der Waals surface area contributed by atoms with Gasteiger partial charge < -0.3 is 25.5 Å². The fourth-order valence-electron chi connectivity index (χ4n) is 2.21. The van der Waals surface area contributed by atoms with E-state index in [1.807, 2.05) is 0 Å². The standard InChI is InChI=1S/C19H17N3O5S/c20-16(23)9-11-26-13-5-3-12(4-6-13)21-19(25)15-7-8-17(28-15)22-18(24)14-2-1-10-27-14/h1-8,10H,9,11H2,(H2,20,23)(H,21,25)(H,22,24). The van der Waals surface area contributed by atoms with Crippen LogP contribution in [0, 0.1) is 0 Å². The molecule has 3 aromatic rings. The molecule has 0 aliphatic rings. The van der Waals surface area contributed by atoms with Gasteiger partial charge in [0.2, 0.25) is 5.91 Å². The van der Waals surface area contributed by atoms with Crippen LogP contribution in [0.3, 0.4) is 0 Å². The monoisotopic (exact) mass is 399 g/mol. The van der Waals surface area contributed by atoms with Gasteiger partial charge in [-0.25, -0.2) is 0 Å². The molecule has 9 heteroatoms. The van der Waals surface area contributed by atoms with Crippen LogP contribution in [0.2, 0.25) is 0 Å². The minimum Gasteiger partial charge on any atom is -0.493 e. The van der Waals surface area contributed by atoms with Gasteiger partial charge in [-0.2, -0.15) is 0 Å². The molecule has 0 atom stereocenters. The molecule has 1 aromatic carbocycles. The number of furan rings is 1. The quantitative estimate of drug-likeness (QED) is 0.537. The maximum Gasteiger partial charge on any atom is 0.291 e. The van der Waals surface area contributed by atoms with Crippen LogP contribution in [-0.4, -0.2) is 24.3 Å². The fourth-order valence-corrected chi connectivity index (χ4v) is 3.00. The van der Waals surface area contributed by atoms with Crippen molar-refractivity contribution in [2.75, 3.05) is 17.2 Å². The summed E-state index contributed by atoms with van der Waals surface area (Å²) in [5, 5.41) is 5.97. The van der Waals surface area contributed by atoms with E-state index >= 15 is 0 Å². The Kier molecular flexibility index (Phi) is 6.07. The van der Waals surface area contributed by atoms with Gasteiger partial charge in [-0.1, -0.05) is 0 Å². The summed E-state index contributed by atoms with van der Waals surface area (Å²) in [5.41, 5.74) is 5.64. The lowest BCUT2D eigenvalue weighted by Crippen LogP contribution is -2.14. The summed E-state index contributed by atoms with van der Waals surface area (Å²) in [6.07, 6.45) is 1.55. The molecule has 28 heavy (non-hydrogen) atoms. The van der Waals surface area contributed by atoms with Gasteiger partial charge in [-0.15, -0.1) is 11.3 Å². The van der Waals surface area contributed by atoms with Crippen LogP contribution in [0.15, 0.2) is 59.2 Å². The first kappa shape index (κ1) is 19.2. The van der Waals surface area contributed by atoms with E-state index in [1.54, 1.807) is 48.5 Å². The zero-order valence-electron chi connectivity index (χ0n) is 14.6. The van der Waals surface area contributed by atoms with Crippen molar-refractivity contribution >= 4 is 39.7 Å². The summed E-state index contributed by atoms with van der Waals surface area (Å²) in [7, 11) is 0. The molecule has 3 rings (SSSR count). The normalized spacial score (nSPS) is 10.3. The topological polar surface area (TPSA) is 124 Å². The van der Waals surface area contributed by atoms with E-state index < -0.39 is 5.91 Å². The first-order valence-corrected chi connectivity index (χ1v) is 9.10. The molecule has 2 aromatic heterocycles. The Labute approximate surface area is 164 Å². The second-order valence-electron chi connectivity index (χ2n) is 5.64. The lowest BCUT2D eigenvalue weighted by atomic mass is 10.3. The second kappa shape index (κ2) is 8.87. The number of primary amides is 1. The van der Waals surface area contributed by atoms with Crippen molar-refractivity contribution in [3.63, 3.8) is 0 Å². The minimum absolute atomic E-state index is 0.135. The smallest absolute Gasteiger partial charge is 0.291 e. The summed E-state index contributed by atoms with van der Waals surface area (Å²) in [5.74, 6) is -0.355. The number of nitrogens with two attached hydrogens (primary N) is 1. The van der Waals surface area contributed by atoms with Crippen molar-refractivity contribution < 1.29 is 23.5 Å². The molecule has 0 spiro atoms. The van der Waals surface area contributed by atoms with Crippen LogP contribution in [-0.2, 0) is 4.79 Å². The molecule has 144 valence electrons. The van der Waals surface area contributed by atoms with E-state index in [2.05, 4.69) is 10.6 Å². The number of carbonyl (C=O) groups excluding carboxylic acids is 3. The van der Waals surface area contributed by atoms with Crippen molar-refractivity contribution in [2.45, 2.75) is 6.42 Å². The highest BCUT2D eigenvalue weighted by atomic mass is 32.1. The Hall–Kier alpha value is -3.59. The fraction of sp³-hybridized carbons (Fsp3) is 0.105. The van der Waals surface area contributed by atoms with Gasteiger partial charge in [0.05, 0.1) is 29.2 Å². The van der Waals surface area contributed by atoms with Crippen LogP contribution < -0.4 is 21.1 Å². The largest absolute Gasteiger partial charge is 0.493 e. The van der Waals surface area contributed by atoms with Gasteiger partial charge in [-0.3, -0.25) is 14.4 Å². The predicted octanol–water partition coefficient (Wildman–Crippen LogP) is 3.10. The van der Waals surface area contributed by atoms with E-state index in [9.17, 15) is 14.4 Å². The zero-order chi connectivity index (χ0) is 19.9. The van der Waals surface area contributed by atoms with Gasteiger partial charge >= 0.3 is 0 Å². The number of carbonyl (C=O) groups is 3. The third kappa shape index (κ3) is 5.21. The molecular formula is C19H17N3O5S. The van der Waals surface area contributed by atoms with Gasteiger partial charge in [0.1, 0.15) is 5.75 Å². The maximum atomic E-state index is 12.4. The lowest BCUT2D eigenvalue weighted by molar-refractivity contribution is -0.118. The van der Waals surface area contributed by atoms with Crippen molar-refractivity contribution in [1.29, 1.82) is 0 Å². The average Bonchev–Trinajstić information content (AvgIpc) is 3.35. The summed E-state index contributed by atoms with van der Waals surface area (Å²) < 4.78 is 10.4. The molecule has 2 heterocycles. The minimum atomic E-state index is -0.431. The van der Waals surface area contributed by atoms with Crippen molar-refractivity contribution in [1.82, 2.24) is 0 Å². The first-order valence-electron chi connectivity index (χ1n) is 8.28. The highest BCUT2D eigenvalue weighted by Crippen LogP contribution is 2.24. The molecule has 0 unspecified atom stereocenters. The summed E-state index contributed by atoms with van der Waals surface area (Å²) in [6.45, 7) is 0.197. The summed E-state index contributed by atoms with van der Waals surface area (Å²) in [6, 6.07) is 13.2. The Morgan fingerprint density at radius 3 is 2.46 bits per heavy atom. The molecule has 4 N–H and O–H groups in total. The second-order valence-corrected chi connectivity index (χ2v) is 6.72. The van der Waals surface area contributed by atoms with Gasteiger partial charge in [0.25, 0.3) is 11.8 Å². The zero-order valence-corrected chi connectivity index (χ0v) is 15.5. The van der Waals surface area contributed by atoms with E-state index in [-0.39, 0.29) is 30.6 Å². The van der Waals surface area contributed by atoms with E-state index in [0.717, 1.165) is 11.3 Å². The van der Waals surface area contributed by atoms with Crippen LogP contribution in [0.1, 0.15) is 26.6 Å². The molecule has 8 nitrogen and oxygen atoms in total. The molecule has 0 aliphatic carbocycles. The van der Waals surface area contributed by atoms with Crippen LogP contribution in [0.5, 0.6) is 5.75 Å². The number of hydrogen-bond donors (Lipinski definition) is 3. The number of nitrogens with one attached hydrogen (secondary N) is 2. The van der Waals surface area contributed by atoms with Crippen molar-refractivity contribution in [2.24, 2.45) is 5.73 Å². The molecule has 0 saturated heterocycles. The highest BCUT2D eigenvalue weighted by Gasteiger charge is 2.13. The Morgan fingerprint density at radius 2 is 1.79 bits per heavy atom. The number of rotatable bonds is 8. The van der Waals surface area contributed by atoms with E-state index in [0.29, 0.717) is 21.3 Å². The average molecular weight is 399 g/mol. The first-order chi connectivity index (χ1) is 13.5. The van der Waals surface area contributed by atoms with Crippen LogP contribution in [0.4, 0.5) is 10.7 Å². The van der Waals surface area contributed by atoms with Gasteiger partial charge in [0.15, 0.2) is 5.76 Å². The van der Waals surface area contributed by atoms with Crippen molar-refractivity contribution in [3.8, 4) is 5.75 Å². The molecule has 0 fully saturated rings.